The van der Waals surface area contributed by atoms with Gasteiger partial charge in [-0.3, -0.25) is 0 Å². The zero-order valence-corrected chi connectivity index (χ0v) is 13.1. The van der Waals surface area contributed by atoms with Crippen LogP contribution in [-0.2, 0) is 11.2 Å². The number of carbonyl (C=O) groups excluding carboxylic acids is 1. The van der Waals surface area contributed by atoms with Gasteiger partial charge in [0.05, 0.1) is 12.3 Å². The summed E-state index contributed by atoms with van der Waals surface area (Å²) in [6.07, 6.45) is 2.15. The Morgan fingerprint density at radius 2 is 2.00 bits per heavy atom. The maximum atomic E-state index is 11.9. The maximum Gasteiger partial charge on any atom is 0.350 e. The number of aromatic nitrogens is 1. The predicted octanol–water partition coefficient (Wildman–Crippen LogP) is 4.59. The molecular formula is C15H16ClNO2S. The zero-order chi connectivity index (χ0) is 14.5. The number of nitrogens with zero attached hydrogens (tertiary/aromatic N) is 1. The molecule has 0 radical (unpaired) electrons. The Morgan fingerprint density at radius 3 is 2.60 bits per heavy atom. The number of hydrogen-bond acceptors (Lipinski definition) is 4. The second kappa shape index (κ2) is 6.86. The van der Waals surface area contributed by atoms with Gasteiger partial charge in [-0.15, -0.1) is 0 Å². The number of benzene rings is 1. The number of halogens is 1. The van der Waals surface area contributed by atoms with Gasteiger partial charge < -0.3 is 4.74 Å². The molecule has 0 fully saturated rings. The van der Waals surface area contributed by atoms with Crippen molar-refractivity contribution in [3.05, 3.63) is 39.2 Å². The summed E-state index contributed by atoms with van der Waals surface area (Å²) in [7, 11) is 0. The van der Waals surface area contributed by atoms with Crippen LogP contribution in [0.5, 0.6) is 0 Å². The lowest BCUT2D eigenvalue weighted by Gasteiger charge is -2.04. The molecule has 0 aliphatic rings. The first-order chi connectivity index (χ1) is 9.65. The monoisotopic (exact) mass is 309 g/mol. The van der Waals surface area contributed by atoms with Crippen molar-refractivity contribution >= 4 is 28.9 Å². The number of aryl methyl sites for hydroxylation is 1. The number of rotatable bonds is 5. The lowest BCUT2D eigenvalue weighted by molar-refractivity contribution is 0.0532. The van der Waals surface area contributed by atoms with E-state index >= 15 is 0 Å². The molecule has 2 rings (SSSR count). The number of thiazole rings is 1. The van der Waals surface area contributed by atoms with Crippen LogP contribution in [0.15, 0.2) is 24.3 Å². The summed E-state index contributed by atoms with van der Waals surface area (Å²) < 4.78 is 5.39. The van der Waals surface area contributed by atoms with Crippen molar-refractivity contribution in [2.75, 3.05) is 6.61 Å². The van der Waals surface area contributed by atoms with Crippen molar-refractivity contribution in [3.63, 3.8) is 0 Å². The van der Waals surface area contributed by atoms with E-state index in [4.69, 9.17) is 16.3 Å². The third kappa shape index (κ3) is 3.38. The Labute approximate surface area is 127 Å². The minimum absolute atomic E-state index is 0.337. The maximum absolute atomic E-state index is 11.9. The number of carbonyl (C=O) groups is 1. The molecule has 0 saturated carbocycles. The first-order valence-electron chi connectivity index (χ1n) is 6.58. The molecule has 0 aliphatic heterocycles. The van der Waals surface area contributed by atoms with Gasteiger partial charge in [0.1, 0.15) is 4.88 Å². The van der Waals surface area contributed by atoms with E-state index in [0.29, 0.717) is 21.6 Å². The molecule has 0 unspecified atom stereocenters. The Balaban J connectivity index is 2.34. The molecular weight excluding hydrogens is 294 g/mol. The molecule has 0 bridgehead atoms. The summed E-state index contributed by atoms with van der Waals surface area (Å²) in [5, 5.41) is 0. The highest BCUT2D eigenvalue weighted by atomic mass is 35.5. The van der Waals surface area contributed by atoms with Crippen molar-refractivity contribution in [1.29, 1.82) is 0 Å². The summed E-state index contributed by atoms with van der Waals surface area (Å²) >= 11 is 7.09. The van der Waals surface area contributed by atoms with E-state index in [2.05, 4.69) is 24.0 Å². The summed E-state index contributed by atoms with van der Waals surface area (Å²) in [6.45, 7) is 4.26. The fourth-order valence-corrected chi connectivity index (χ4v) is 2.97. The van der Waals surface area contributed by atoms with Gasteiger partial charge in [-0.1, -0.05) is 60.5 Å². The largest absolute Gasteiger partial charge is 0.462 e. The Hall–Kier alpha value is -1.39. The van der Waals surface area contributed by atoms with E-state index in [-0.39, 0.29) is 5.97 Å². The number of esters is 1. The molecule has 1 heterocycles. The van der Waals surface area contributed by atoms with E-state index in [1.54, 1.807) is 6.92 Å². The molecule has 0 atom stereocenters. The second-order valence-corrected chi connectivity index (χ2v) is 5.89. The first-order valence-corrected chi connectivity index (χ1v) is 7.77. The van der Waals surface area contributed by atoms with Crippen LogP contribution in [0.4, 0.5) is 0 Å². The van der Waals surface area contributed by atoms with E-state index in [1.165, 1.54) is 5.56 Å². The molecule has 0 N–H and O–H groups in total. The molecule has 1 aromatic carbocycles. The highest BCUT2D eigenvalue weighted by molar-refractivity contribution is 7.17. The number of hydrogen-bond donors (Lipinski definition) is 0. The zero-order valence-electron chi connectivity index (χ0n) is 11.5. The van der Waals surface area contributed by atoms with Crippen LogP contribution < -0.4 is 0 Å². The van der Waals surface area contributed by atoms with Gasteiger partial charge in [0.2, 0.25) is 0 Å². The normalized spacial score (nSPS) is 10.6. The van der Waals surface area contributed by atoms with Gasteiger partial charge in [0, 0.05) is 5.56 Å². The molecule has 3 nitrogen and oxygen atoms in total. The van der Waals surface area contributed by atoms with Gasteiger partial charge in [0.15, 0.2) is 4.47 Å². The highest BCUT2D eigenvalue weighted by Crippen LogP contribution is 2.31. The van der Waals surface area contributed by atoms with Crippen LogP contribution in [0.1, 0.15) is 35.5 Å². The third-order valence-electron chi connectivity index (χ3n) is 2.83. The molecule has 5 heteroatoms. The molecule has 0 amide bonds. The predicted molar refractivity (Wildman–Crippen MR) is 82.5 cm³/mol. The smallest absolute Gasteiger partial charge is 0.350 e. The molecule has 0 saturated heterocycles. The minimum Gasteiger partial charge on any atom is -0.462 e. The number of ether oxygens (including phenoxy) is 1. The Morgan fingerprint density at radius 1 is 1.30 bits per heavy atom. The van der Waals surface area contributed by atoms with Crippen LogP contribution in [0.25, 0.3) is 11.3 Å². The van der Waals surface area contributed by atoms with Gasteiger partial charge in [-0.05, 0) is 18.9 Å². The molecule has 2 aromatic rings. The fraction of sp³-hybridized carbons (Fsp3) is 0.333. The fourth-order valence-electron chi connectivity index (χ4n) is 1.94. The van der Waals surface area contributed by atoms with Crippen molar-refractivity contribution in [2.45, 2.75) is 26.7 Å². The highest BCUT2D eigenvalue weighted by Gasteiger charge is 2.19. The lowest BCUT2D eigenvalue weighted by atomic mass is 10.1. The van der Waals surface area contributed by atoms with Gasteiger partial charge in [0.25, 0.3) is 0 Å². The summed E-state index contributed by atoms with van der Waals surface area (Å²) in [5.74, 6) is -0.371. The average Bonchev–Trinajstić information content (AvgIpc) is 2.82. The van der Waals surface area contributed by atoms with E-state index < -0.39 is 0 Å². The second-order valence-electron chi connectivity index (χ2n) is 4.31. The van der Waals surface area contributed by atoms with E-state index in [0.717, 1.165) is 29.7 Å². The van der Waals surface area contributed by atoms with Crippen LogP contribution in [0.3, 0.4) is 0 Å². The first kappa shape index (κ1) is 15.0. The van der Waals surface area contributed by atoms with Crippen molar-refractivity contribution in [3.8, 4) is 11.3 Å². The standard InChI is InChI=1S/C15H16ClNO2S/c1-3-5-10-6-8-11(9-7-10)12-13(14(18)19-4-2)20-15(16)17-12/h6-9H,3-5H2,1-2H3. The van der Waals surface area contributed by atoms with Gasteiger partial charge in [-0.2, -0.15) is 0 Å². The molecule has 1 aromatic heterocycles. The average molecular weight is 310 g/mol. The Kier molecular flexibility index (Phi) is 5.15. The van der Waals surface area contributed by atoms with Crippen LogP contribution >= 0.6 is 22.9 Å². The third-order valence-corrected chi connectivity index (χ3v) is 3.97. The molecule has 20 heavy (non-hydrogen) atoms. The molecule has 0 spiro atoms. The van der Waals surface area contributed by atoms with Gasteiger partial charge >= 0.3 is 5.97 Å². The van der Waals surface area contributed by atoms with E-state index in [9.17, 15) is 4.79 Å². The topological polar surface area (TPSA) is 39.2 Å². The lowest BCUT2D eigenvalue weighted by Crippen LogP contribution is -2.04. The van der Waals surface area contributed by atoms with Crippen molar-refractivity contribution < 1.29 is 9.53 Å². The minimum atomic E-state index is -0.371. The van der Waals surface area contributed by atoms with E-state index in [1.807, 2.05) is 12.1 Å². The Bertz CT molecular complexity index is 592. The SMILES string of the molecule is CCCc1ccc(-c2nc(Cl)sc2C(=O)OCC)cc1. The van der Waals surface area contributed by atoms with Crippen molar-refractivity contribution in [2.24, 2.45) is 0 Å². The van der Waals surface area contributed by atoms with Crippen molar-refractivity contribution in [1.82, 2.24) is 4.98 Å². The quantitative estimate of drug-likeness (QED) is 0.758. The summed E-state index contributed by atoms with van der Waals surface area (Å²) in [6, 6.07) is 8.06. The molecule has 106 valence electrons. The molecule has 0 aliphatic carbocycles. The summed E-state index contributed by atoms with van der Waals surface area (Å²) in [5.41, 5.74) is 2.76. The summed E-state index contributed by atoms with van der Waals surface area (Å²) in [4.78, 5) is 16.6. The van der Waals surface area contributed by atoms with Crippen LogP contribution in [0.2, 0.25) is 4.47 Å². The van der Waals surface area contributed by atoms with Crippen LogP contribution in [0, 0.1) is 0 Å². The van der Waals surface area contributed by atoms with Crippen LogP contribution in [-0.4, -0.2) is 17.6 Å². The van der Waals surface area contributed by atoms with Gasteiger partial charge in [-0.25, -0.2) is 9.78 Å².